The molecule has 1 N–H and O–H groups in total. The number of amides is 1. The fourth-order valence-corrected chi connectivity index (χ4v) is 3.99. The molecule has 0 heterocycles. The highest BCUT2D eigenvalue weighted by atomic mass is 32.2. The number of rotatable bonds is 9. The lowest BCUT2D eigenvalue weighted by atomic mass is 9.88. The first-order valence-electron chi connectivity index (χ1n) is 10.2. The second kappa shape index (κ2) is 10.7. The van der Waals surface area contributed by atoms with Gasteiger partial charge in [0.15, 0.2) is 16.4 Å². The lowest BCUT2D eigenvalue weighted by Crippen LogP contribution is -2.30. The number of hydrogen-bond acceptors (Lipinski definition) is 5. The summed E-state index contributed by atoms with van der Waals surface area (Å²) in [4.78, 5) is 24.4. The van der Waals surface area contributed by atoms with Crippen molar-refractivity contribution in [1.29, 1.82) is 0 Å². The zero-order chi connectivity index (χ0) is 23.0. The van der Waals surface area contributed by atoms with Crippen LogP contribution in [-0.4, -0.2) is 39.7 Å². The Bertz CT molecular complexity index is 1100. The van der Waals surface area contributed by atoms with Crippen LogP contribution in [0.25, 0.3) is 0 Å². The minimum Gasteiger partial charge on any atom is -0.452 e. The first-order chi connectivity index (χ1) is 15.3. The molecule has 0 aliphatic carbocycles. The van der Waals surface area contributed by atoms with Gasteiger partial charge in [0.1, 0.15) is 0 Å². The predicted molar refractivity (Wildman–Crippen MR) is 122 cm³/mol. The Balaban J connectivity index is 1.51. The van der Waals surface area contributed by atoms with Gasteiger partial charge in [0.25, 0.3) is 5.91 Å². The Morgan fingerprint density at radius 2 is 1.38 bits per heavy atom. The van der Waals surface area contributed by atoms with Crippen LogP contribution in [0, 0.1) is 0 Å². The van der Waals surface area contributed by atoms with Crippen LogP contribution in [0.4, 0.5) is 0 Å². The maximum atomic E-state index is 12.2. The number of benzene rings is 3. The molecule has 0 saturated carbocycles. The maximum Gasteiger partial charge on any atom is 0.338 e. The molecule has 166 valence electrons. The van der Waals surface area contributed by atoms with Gasteiger partial charge in [-0.1, -0.05) is 60.7 Å². The second-order valence-electron chi connectivity index (χ2n) is 7.39. The monoisotopic (exact) mass is 451 g/mol. The Morgan fingerprint density at radius 1 is 0.844 bits per heavy atom. The van der Waals surface area contributed by atoms with E-state index in [1.54, 1.807) is 0 Å². The van der Waals surface area contributed by atoms with E-state index in [9.17, 15) is 18.0 Å². The Labute approximate surface area is 188 Å². The molecule has 0 aliphatic rings. The van der Waals surface area contributed by atoms with Crippen LogP contribution in [0.15, 0.2) is 89.8 Å². The molecule has 3 aromatic rings. The van der Waals surface area contributed by atoms with Gasteiger partial charge in [-0.25, -0.2) is 13.2 Å². The van der Waals surface area contributed by atoms with Gasteiger partial charge in [0, 0.05) is 18.7 Å². The van der Waals surface area contributed by atoms with Crippen molar-refractivity contribution in [2.45, 2.75) is 17.2 Å². The molecule has 0 bridgehead atoms. The number of ether oxygens (including phenoxy) is 1. The van der Waals surface area contributed by atoms with Crippen molar-refractivity contribution in [2.24, 2.45) is 0 Å². The van der Waals surface area contributed by atoms with E-state index in [1.165, 1.54) is 24.3 Å². The van der Waals surface area contributed by atoms with Crippen LogP contribution >= 0.6 is 0 Å². The molecule has 1 amide bonds. The van der Waals surface area contributed by atoms with Gasteiger partial charge in [-0.15, -0.1) is 0 Å². The summed E-state index contributed by atoms with van der Waals surface area (Å²) in [5.74, 6) is -0.953. The van der Waals surface area contributed by atoms with E-state index in [0.29, 0.717) is 13.0 Å². The molecule has 0 atom stereocenters. The van der Waals surface area contributed by atoms with Gasteiger partial charge >= 0.3 is 5.97 Å². The van der Waals surface area contributed by atoms with Crippen LogP contribution in [-0.2, 0) is 19.4 Å². The second-order valence-corrected chi connectivity index (χ2v) is 9.40. The normalized spacial score (nSPS) is 11.2. The lowest BCUT2D eigenvalue weighted by Gasteiger charge is -2.18. The largest absolute Gasteiger partial charge is 0.452 e. The molecule has 32 heavy (non-hydrogen) atoms. The number of nitrogens with one attached hydrogen (secondary N) is 1. The van der Waals surface area contributed by atoms with Gasteiger partial charge in [0.2, 0.25) is 0 Å². The Kier molecular flexibility index (Phi) is 7.78. The zero-order valence-corrected chi connectivity index (χ0v) is 18.5. The molecule has 0 aliphatic heterocycles. The Morgan fingerprint density at radius 3 is 1.88 bits per heavy atom. The zero-order valence-electron chi connectivity index (χ0n) is 17.7. The third-order valence-electron chi connectivity index (χ3n) is 5.01. The highest BCUT2D eigenvalue weighted by Crippen LogP contribution is 2.27. The number of carbonyl (C=O) groups is 2. The van der Waals surface area contributed by atoms with Crippen LogP contribution in [0.3, 0.4) is 0 Å². The smallest absolute Gasteiger partial charge is 0.338 e. The summed E-state index contributed by atoms with van der Waals surface area (Å²) >= 11 is 0. The van der Waals surface area contributed by atoms with E-state index in [1.807, 2.05) is 36.4 Å². The highest BCUT2D eigenvalue weighted by molar-refractivity contribution is 7.90. The standard InChI is InChI=1S/C25H25NO5S/c1-32(29,30)22-14-12-21(13-15-22)25(28)31-18-24(27)26-17-16-23(19-8-4-2-5-9-19)20-10-6-3-7-11-20/h2-15,23H,16-18H2,1H3,(H,26,27). The molecule has 7 heteroatoms. The van der Waals surface area contributed by atoms with E-state index >= 15 is 0 Å². The van der Waals surface area contributed by atoms with E-state index in [0.717, 1.165) is 17.4 Å². The Hall–Kier alpha value is -3.45. The topological polar surface area (TPSA) is 89.5 Å². The first kappa shape index (κ1) is 23.2. The first-order valence-corrected chi connectivity index (χ1v) is 12.1. The molecule has 0 saturated heterocycles. The molecule has 0 unspecified atom stereocenters. The molecule has 0 aromatic heterocycles. The summed E-state index contributed by atoms with van der Waals surface area (Å²) in [6.07, 6.45) is 1.78. The van der Waals surface area contributed by atoms with Gasteiger partial charge in [-0.2, -0.15) is 0 Å². The summed E-state index contributed by atoms with van der Waals surface area (Å²) in [6.45, 7) is 0.0158. The van der Waals surface area contributed by atoms with E-state index in [2.05, 4.69) is 29.6 Å². The van der Waals surface area contributed by atoms with Gasteiger partial charge in [-0.3, -0.25) is 4.79 Å². The summed E-state index contributed by atoms with van der Waals surface area (Å²) in [5, 5.41) is 2.79. The van der Waals surface area contributed by atoms with Crippen molar-refractivity contribution in [1.82, 2.24) is 5.32 Å². The SMILES string of the molecule is CS(=O)(=O)c1ccc(C(=O)OCC(=O)NCCC(c2ccccc2)c2ccccc2)cc1. The molecule has 0 fully saturated rings. The van der Waals surface area contributed by atoms with Crippen molar-refractivity contribution in [2.75, 3.05) is 19.4 Å². The number of esters is 1. The average molecular weight is 452 g/mol. The highest BCUT2D eigenvalue weighted by Gasteiger charge is 2.15. The minimum atomic E-state index is -3.34. The van der Waals surface area contributed by atoms with Crippen molar-refractivity contribution in [3.8, 4) is 0 Å². The van der Waals surface area contributed by atoms with Crippen LogP contribution in [0.5, 0.6) is 0 Å². The molecule has 3 rings (SSSR count). The molecular formula is C25H25NO5S. The third kappa shape index (κ3) is 6.52. The van der Waals surface area contributed by atoms with Gasteiger partial charge in [-0.05, 0) is 41.8 Å². The number of sulfone groups is 1. The fraction of sp³-hybridized carbons (Fsp3) is 0.200. The number of carbonyl (C=O) groups excluding carboxylic acids is 2. The van der Waals surface area contributed by atoms with Crippen molar-refractivity contribution < 1.29 is 22.7 Å². The quantitative estimate of drug-likeness (QED) is 0.502. The van der Waals surface area contributed by atoms with E-state index in [-0.39, 0.29) is 16.4 Å². The third-order valence-corrected chi connectivity index (χ3v) is 6.14. The van der Waals surface area contributed by atoms with Gasteiger partial charge in [0.05, 0.1) is 10.5 Å². The minimum absolute atomic E-state index is 0.109. The number of hydrogen-bond donors (Lipinski definition) is 1. The molecular weight excluding hydrogens is 426 g/mol. The van der Waals surface area contributed by atoms with Crippen molar-refractivity contribution >= 4 is 21.7 Å². The molecule has 0 radical (unpaired) electrons. The molecule has 3 aromatic carbocycles. The lowest BCUT2D eigenvalue weighted by molar-refractivity contribution is -0.124. The van der Waals surface area contributed by atoms with Crippen LogP contribution < -0.4 is 5.32 Å². The summed E-state index contributed by atoms with van der Waals surface area (Å²) < 4.78 is 28.0. The van der Waals surface area contributed by atoms with Crippen LogP contribution in [0.2, 0.25) is 0 Å². The maximum absolute atomic E-state index is 12.2. The summed E-state index contributed by atoms with van der Waals surface area (Å²) in [6, 6.07) is 25.6. The molecule has 0 spiro atoms. The fourth-order valence-electron chi connectivity index (χ4n) is 3.36. The van der Waals surface area contributed by atoms with Gasteiger partial charge < -0.3 is 10.1 Å². The van der Waals surface area contributed by atoms with Crippen molar-refractivity contribution in [3.63, 3.8) is 0 Å². The average Bonchev–Trinajstić information content (AvgIpc) is 2.81. The van der Waals surface area contributed by atoms with Crippen LogP contribution in [0.1, 0.15) is 33.8 Å². The summed E-state index contributed by atoms with van der Waals surface area (Å²) in [7, 11) is -3.34. The van der Waals surface area contributed by atoms with Crippen molar-refractivity contribution in [3.05, 3.63) is 102 Å². The predicted octanol–water partition coefficient (Wildman–Crippen LogP) is 3.59. The van der Waals surface area contributed by atoms with E-state index in [4.69, 9.17) is 4.74 Å². The van der Waals surface area contributed by atoms with E-state index < -0.39 is 28.3 Å². The molecule has 6 nitrogen and oxygen atoms in total. The summed E-state index contributed by atoms with van der Waals surface area (Å²) in [5.41, 5.74) is 2.51.